The highest BCUT2D eigenvalue weighted by atomic mass is 16.5. The standard InChI is InChI=1S/C18H22N4O2/c1-13-10-21(12-18(2,3)24-13)11-16-20-15-7-5-4-6-14(15)17(23)22(16)9-8-19/h4-7,13H,9-12H2,1-3H3/t13-/m0/s1. The van der Waals surface area contributed by atoms with Gasteiger partial charge in [0.2, 0.25) is 0 Å². The number of rotatable bonds is 3. The van der Waals surface area contributed by atoms with Crippen molar-refractivity contribution in [1.29, 1.82) is 5.26 Å². The van der Waals surface area contributed by atoms with Gasteiger partial charge in [-0.15, -0.1) is 0 Å². The van der Waals surface area contributed by atoms with Crippen LogP contribution in [0.5, 0.6) is 0 Å². The van der Waals surface area contributed by atoms with Crippen LogP contribution >= 0.6 is 0 Å². The highest BCUT2D eigenvalue weighted by Gasteiger charge is 2.31. The van der Waals surface area contributed by atoms with Crippen molar-refractivity contribution in [2.24, 2.45) is 0 Å². The van der Waals surface area contributed by atoms with Gasteiger partial charge in [-0.25, -0.2) is 4.98 Å². The van der Waals surface area contributed by atoms with Crippen LogP contribution in [-0.2, 0) is 17.8 Å². The molecule has 0 amide bonds. The Kier molecular flexibility index (Phi) is 4.39. The molecule has 1 fully saturated rings. The summed E-state index contributed by atoms with van der Waals surface area (Å²) >= 11 is 0. The number of ether oxygens (including phenoxy) is 1. The highest BCUT2D eigenvalue weighted by Crippen LogP contribution is 2.22. The van der Waals surface area contributed by atoms with E-state index in [1.165, 1.54) is 4.57 Å². The quantitative estimate of drug-likeness (QED) is 0.862. The van der Waals surface area contributed by atoms with Crippen LogP contribution in [0.2, 0.25) is 0 Å². The van der Waals surface area contributed by atoms with E-state index in [0.29, 0.717) is 23.3 Å². The van der Waals surface area contributed by atoms with Gasteiger partial charge in [-0.3, -0.25) is 14.3 Å². The van der Waals surface area contributed by atoms with Crippen molar-refractivity contribution in [3.63, 3.8) is 0 Å². The molecule has 126 valence electrons. The van der Waals surface area contributed by atoms with E-state index in [4.69, 9.17) is 10.00 Å². The molecule has 1 aliphatic rings. The lowest BCUT2D eigenvalue weighted by atomic mass is 10.1. The molecule has 0 bridgehead atoms. The molecule has 1 aliphatic heterocycles. The number of hydrogen-bond donors (Lipinski definition) is 0. The first-order chi connectivity index (χ1) is 11.4. The lowest BCUT2D eigenvalue weighted by Crippen LogP contribution is -2.51. The van der Waals surface area contributed by atoms with E-state index >= 15 is 0 Å². The normalized spacial score (nSPS) is 20.8. The molecule has 0 saturated carbocycles. The Morgan fingerprint density at radius 3 is 2.88 bits per heavy atom. The molecule has 1 saturated heterocycles. The molecule has 0 spiro atoms. The van der Waals surface area contributed by atoms with Gasteiger partial charge in [-0.2, -0.15) is 5.26 Å². The first-order valence-corrected chi connectivity index (χ1v) is 8.15. The van der Waals surface area contributed by atoms with Gasteiger partial charge in [-0.1, -0.05) is 12.1 Å². The fraction of sp³-hybridized carbons (Fsp3) is 0.500. The van der Waals surface area contributed by atoms with Crippen LogP contribution in [0, 0.1) is 11.3 Å². The van der Waals surface area contributed by atoms with E-state index < -0.39 is 0 Å². The third kappa shape index (κ3) is 3.32. The zero-order valence-corrected chi connectivity index (χ0v) is 14.3. The highest BCUT2D eigenvalue weighted by molar-refractivity contribution is 5.77. The maximum Gasteiger partial charge on any atom is 0.262 e. The number of para-hydroxylation sites is 1. The molecule has 2 aromatic rings. The minimum absolute atomic E-state index is 0.00921. The Labute approximate surface area is 141 Å². The molecule has 1 atom stereocenters. The summed E-state index contributed by atoms with van der Waals surface area (Å²) in [6.45, 7) is 8.24. The van der Waals surface area contributed by atoms with Crippen LogP contribution in [0.1, 0.15) is 26.6 Å². The fourth-order valence-corrected chi connectivity index (χ4v) is 3.47. The topological polar surface area (TPSA) is 71.2 Å². The molecule has 3 rings (SSSR count). The molecule has 2 heterocycles. The fourth-order valence-electron chi connectivity index (χ4n) is 3.47. The number of nitrogens with zero attached hydrogens (tertiary/aromatic N) is 4. The molecule has 1 aromatic carbocycles. The first-order valence-electron chi connectivity index (χ1n) is 8.15. The van der Waals surface area contributed by atoms with Gasteiger partial charge >= 0.3 is 0 Å². The number of morpholine rings is 1. The molecule has 0 N–H and O–H groups in total. The minimum atomic E-state index is -0.241. The summed E-state index contributed by atoms with van der Waals surface area (Å²) in [5.74, 6) is 0.630. The van der Waals surface area contributed by atoms with Gasteiger partial charge in [0.25, 0.3) is 5.56 Å². The van der Waals surface area contributed by atoms with Gasteiger partial charge in [0.15, 0.2) is 0 Å². The second-order valence-corrected chi connectivity index (χ2v) is 6.95. The van der Waals surface area contributed by atoms with E-state index in [9.17, 15) is 4.79 Å². The Bertz CT molecular complexity index is 850. The lowest BCUT2D eigenvalue weighted by molar-refractivity contribution is -0.131. The summed E-state index contributed by atoms with van der Waals surface area (Å²) in [5.41, 5.74) is 0.277. The van der Waals surface area contributed by atoms with E-state index in [1.54, 1.807) is 6.07 Å². The van der Waals surface area contributed by atoms with Crippen molar-refractivity contribution in [3.05, 3.63) is 40.4 Å². The maximum atomic E-state index is 12.7. The molecule has 1 aromatic heterocycles. The van der Waals surface area contributed by atoms with Crippen LogP contribution < -0.4 is 5.56 Å². The number of nitriles is 1. The number of fused-ring (bicyclic) bond motifs is 1. The SMILES string of the molecule is C[C@H]1CN(Cc2nc3ccccc3c(=O)n2CC#N)CC(C)(C)O1. The van der Waals surface area contributed by atoms with Gasteiger partial charge in [0.05, 0.1) is 35.2 Å². The molecule has 6 nitrogen and oxygen atoms in total. The Balaban J connectivity index is 2.01. The zero-order chi connectivity index (χ0) is 17.3. The van der Waals surface area contributed by atoms with Gasteiger partial charge in [-0.05, 0) is 32.9 Å². The van der Waals surface area contributed by atoms with Crippen LogP contribution in [0.25, 0.3) is 10.9 Å². The summed E-state index contributed by atoms with van der Waals surface area (Å²) in [7, 11) is 0. The lowest BCUT2D eigenvalue weighted by Gasteiger charge is -2.41. The van der Waals surface area contributed by atoms with Crippen LogP contribution in [0.3, 0.4) is 0 Å². The Morgan fingerprint density at radius 2 is 2.17 bits per heavy atom. The van der Waals surface area contributed by atoms with Crippen molar-refractivity contribution in [3.8, 4) is 6.07 Å². The Hall–Kier alpha value is -2.23. The largest absolute Gasteiger partial charge is 0.370 e. The zero-order valence-electron chi connectivity index (χ0n) is 14.3. The monoisotopic (exact) mass is 326 g/mol. The van der Waals surface area contributed by atoms with Gasteiger partial charge < -0.3 is 4.74 Å². The summed E-state index contributed by atoms with van der Waals surface area (Å²) in [6, 6.07) is 9.34. The molecule has 0 radical (unpaired) electrons. The average Bonchev–Trinajstić information content (AvgIpc) is 2.49. The van der Waals surface area contributed by atoms with Crippen molar-refractivity contribution in [2.75, 3.05) is 13.1 Å². The van der Waals surface area contributed by atoms with Crippen molar-refractivity contribution in [2.45, 2.75) is 45.6 Å². The Morgan fingerprint density at radius 1 is 1.42 bits per heavy atom. The van der Waals surface area contributed by atoms with Gasteiger partial charge in [0.1, 0.15) is 12.4 Å². The second-order valence-electron chi connectivity index (χ2n) is 6.95. The van der Waals surface area contributed by atoms with Gasteiger partial charge in [0, 0.05) is 13.1 Å². The number of aromatic nitrogens is 2. The van der Waals surface area contributed by atoms with Crippen molar-refractivity contribution in [1.82, 2.24) is 14.5 Å². The molecular formula is C18H22N4O2. The van der Waals surface area contributed by atoms with Crippen LogP contribution in [-0.4, -0.2) is 39.2 Å². The number of hydrogen-bond acceptors (Lipinski definition) is 5. The predicted octanol–water partition coefficient (Wildman–Crippen LogP) is 1.92. The maximum absolute atomic E-state index is 12.7. The summed E-state index contributed by atoms with van der Waals surface area (Å²) < 4.78 is 7.41. The average molecular weight is 326 g/mol. The first kappa shape index (κ1) is 16.6. The third-order valence-corrected chi connectivity index (χ3v) is 4.17. The smallest absolute Gasteiger partial charge is 0.262 e. The molecule has 6 heteroatoms. The molecular weight excluding hydrogens is 304 g/mol. The van der Waals surface area contributed by atoms with E-state index in [0.717, 1.165) is 13.1 Å². The van der Waals surface area contributed by atoms with Crippen LogP contribution in [0.15, 0.2) is 29.1 Å². The molecule has 0 aliphatic carbocycles. The van der Waals surface area contributed by atoms with Crippen molar-refractivity contribution < 1.29 is 4.74 Å². The van der Waals surface area contributed by atoms with E-state index in [1.807, 2.05) is 25.1 Å². The summed E-state index contributed by atoms with van der Waals surface area (Å²) in [6.07, 6.45) is 0.116. The molecule has 0 unspecified atom stereocenters. The molecule has 24 heavy (non-hydrogen) atoms. The third-order valence-electron chi connectivity index (χ3n) is 4.17. The summed E-state index contributed by atoms with van der Waals surface area (Å²) in [4.78, 5) is 19.6. The predicted molar refractivity (Wildman–Crippen MR) is 91.5 cm³/mol. The summed E-state index contributed by atoms with van der Waals surface area (Å²) in [5, 5.41) is 9.65. The van der Waals surface area contributed by atoms with Crippen molar-refractivity contribution >= 4 is 10.9 Å². The van der Waals surface area contributed by atoms with E-state index in [2.05, 4.69) is 29.8 Å². The minimum Gasteiger partial charge on any atom is -0.370 e. The second kappa shape index (κ2) is 6.34. The van der Waals surface area contributed by atoms with E-state index in [-0.39, 0.29) is 23.8 Å². The van der Waals surface area contributed by atoms with Crippen LogP contribution in [0.4, 0.5) is 0 Å². The number of benzene rings is 1.